The molecule has 0 saturated heterocycles. The number of nitrogens with zero attached hydrogens (tertiary/aromatic N) is 3. The minimum absolute atomic E-state index is 0.311. The van der Waals surface area contributed by atoms with Crippen LogP contribution in [0.2, 0.25) is 0 Å². The molecule has 0 spiro atoms. The zero-order valence-corrected chi connectivity index (χ0v) is 10.9. The van der Waals surface area contributed by atoms with Crippen molar-refractivity contribution in [1.82, 2.24) is 14.5 Å². The molecule has 0 aliphatic heterocycles. The van der Waals surface area contributed by atoms with Crippen LogP contribution in [0, 0.1) is 19.7 Å². The van der Waals surface area contributed by atoms with Crippen LogP contribution in [0.15, 0.2) is 36.9 Å². The first-order valence-corrected chi connectivity index (χ1v) is 6.15. The van der Waals surface area contributed by atoms with Crippen LogP contribution >= 0.6 is 0 Å². The number of aromatic nitrogens is 3. The molecular weight excluding hydrogens is 241 g/mol. The Balaban J connectivity index is 2.04. The summed E-state index contributed by atoms with van der Waals surface area (Å²) in [7, 11) is 0. The SMILES string of the molecule is Cc1cc2ncn(Cc3cncc(F)c3)c2cc1C. The summed E-state index contributed by atoms with van der Waals surface area (Å²) in [4.78, 5) is 8.26. The summed E-state index contributed by atoms with van der Waals surface area (Å²) < 4.78 is 15.2. The topological polar surface area (TPSA) is 30.7 Å². The summed E-state index contributed by atoms with van der Waals surface area (Å²) in [5, 5.41) is 0. The molecular formula is C15H14FN3. The second-order valence-electron chi connectivity index (χ2n) is 4.81. The lowest BCUT2D eigenvalue weighted by atomic mass is 10.1. The zero-order valence-electron chi connectivity index (χ0n) is 10.9. The summed E-state index contributed by atoms with van der Waals surface area (Å²) in [6.07, 6.45) is 4.67. The van der Waals surface area contributed by atoms with Gasteiger partial charge in [-0.15, -0.1) is 0 Å². The van der Waals surface area contributed by atoms with Gasteiger partial charge >= 0.3 is 0 Å². The van der Waals surface area contributed by atoms with Crippen molar-refractivity contribution in [2.75, 3.05) is 0 Å². The first-order chi connectivity index (χ1) is 9.13. The Kier molecular flexibility index (Phi) is 2.78. The van der Waals surface area contributed by atoms with E-state index in [4.69, 9.17) is 0 Å². The smallest absolute Gasteiger partial charge is 0.141 e. The summed E-state index contributed by atoms with van der Waals surface area (Å²) in [5.74, 6) is -0.311. The quantitative estimate of drug-likeness (QED) is 0.703. The lowest BCUT2D eigenvalue weighted by molar-refractivity contribution is 0.616. The van der Waals surface area contributed by atoms with E-state index in [0.717, 1.165) is 16.6 Å². The first-order valence-electron chi connectivity index (χ1n) is 6.15. The lowest BCUT2D eigenvalue weighted by Crippen LogP contribution is -1.99. The predicted octanol–water partition coefficient (Wildman–Crippen LogP) is 3.24. The van der Waals surface area contributed by atoms with E-state index in [2.05, 4.69) is 35.9 Å². The van der Waals surface area contributed by atoms with Gasteiger partial charge < -0.3 is 4.57 Å². The molecule has 0 radical (unpaired) electrons. The number of hydrogen-bond acceptors (Lipinski definition) is 2. The van der Waals surface area contributed by atoms with Crippen molar-refractivity contribution in [3.05, 3.63) is 59.4 Å². The van der Waals surface area contributed by atoms with Gasteiger partial charge in [0.1, 0.15) is 5.82 Å². The molecule has 0 saturated carbocycles. The molecule has 1 aromatic carbocycles. The molecule has 0 bridgehead atoms. The summed E-state index contributed by atoms with van der Waals surface area (Å²) in [5.41, 5.74) is 5.31. The molecule has 96 valence electrons. The molecule has 2 heterocycles. The number of imidazole rings is 1. The summed E-state index contributed by atoms with van der Waals surface area (Å²) >= 11 is 0. The molecule has 0 aliphatic carbocycles. The highest BCUT2D eigenvalue weighted by molar-refractivity contribution is 5.77. The van der Waals surface area contributed by atoms with E-state index >= 15 is 0 Å². The maximum absolute atomic E-state index is 13.1. The van der Waals surface area contributed by atoms with Crippen molar-refractivity contribution in [2.45, 2.75) is 20.4 Å². The Bertz CT molecular complexity index is 746. The van der Waals surface area contributed by atoms with E-state index < -0.39 is 0 Å². The molecule has 0 fully saturated rings. The minimum Gasteiger partial charge on any atom is -0.326 e. The van der Waals surface area contributed by atoms with Crippen molar-refractivity contribution in [2.24, 2.45) is 0 Å². The molecule has 0 amide bonds. The van der Waals surface area contributed by atoms with E-state index in [1.165, 1.54) is 23.4 Å². The number of pyridine rings is 1. The third-order valence-corrected chi connectivity index (χ3v) is 3.35. The number of benzene rings is 1. The van der Waals surface area contributed by atoms with Gasteiger partial charge in [-0.3, -0.25) is 4.98 Å². The van der Waals surface area contributed by atoms with Gasteiger partial charge in [0.05, 0.1) is 30.1 Å². The van der Waals surface area contributed by atoms with Gasteiger partial charge in [0.25, 0.3) is 0 Å². The molecule has 0 N–H and O–H groups in total. The number of halogens is 1. The van der Waals surface area contributed by atoms with Crippen molar-refractivity contribution >= 4 is 11.0 Å². The van der Waals surface area contributed by atoms with Crippen LogP contribution in [0.1, 0.15) is 16.7 Å². The molecule has 3 rings (SSSR count). The van der Waals surface area contributed by atoms with Gasteiger partial charge in [0.2, 0.25) is 0 Å². The molecule has 3 nitrogen and oxygen atoms in total. The minimum atomic E-state index is -0.311. The molecule has 4 heteroatoms. The molecule has 2 aromatic heterocycles. The van der Waals surface area contributed by atoms with Crippen LogP contribution in [-0.2, 0) is 6.54 Å². The second-order valence-corrected chi connectivity index (χ2v) is 4.81. The van der Waals surface area contributed by atoms with Crippen molar-refractivity contribution in [3.8, 4) is 0 Å². The van der Waals surface area contributed by atoms with Crippen LogP contribution in [0.25, 0.3) is 11.0 Å². The maximum atomic E-state index is 13.1. The van der Waals surface area contributed by atoms with E-state index in [-0.39, 0.29) is 5.82 Å². The molecule has 0 aliphatic rings. The number of rotatable bonds is 2. The standard InChI is InChI=1S/C15H14FN3/c1-10-3-14-15(4-11(10)2)19(9-18-14)8-12-5-13(16)7-17-6-12/h3-7,9H,8H2,1-2H3. The number of hydrogen-bond donors (Lipinski definition) is 0. The van der Waals surface area contributed by atoms with E-state index in [1.54, 1.807) is 12.5 Å². The highest BCUT2D eigenvalue weighted by Crippen LogP contribution is 2.19. The summed E-state index contributed by atoms with van der Waals surface area (Å²) in [6, 6.07) is 5.69. The Morgan fingerprint density at radius 1 is 1.11 bits per heavy atom. The second kappa shape index (κ2) is 4.46. The van der Waals surface area contributed by atoms with Crippen LogP contribution in [0.5, 0.6) is 0 Å². The monoisotopic (exact) mass is 255 g/mol. The van der Waals surface area contributed by atoms with Gasteiger partial charge in [-0.2, -0.15) is 0 Å². The fourth-order valence-corrected chi connectivity index (χ4v) is 2.18. The average molecular weight is 255 g/mol. The molecule has 0 unspecified atom stereocenters. The third kappa shape index (κ3) is 2.21. The van der Waals surface area contributed by atoms with Gasteiger partial charge in [-0.25, -0.2) is 9.37 Å². The van der Waals surface area contributed by atoms with Gasteiger partial charge in [-0.05, 0) is 48.7 Å². The number of fused-ring (bicyclic) bond motifs is 1. The van der Waals surface area contributed by atoms with E-state index in [1.807, 2.05) is 4.57 Å². The van der Waals surface area contributed by atoms with Crippen molar-refractivity contribution < 1.29 is 4.39 Å². The largest absolute Gasteiger partial charge is 0.326 e. The van der Waals surface area contributed by atoms with Crippen LogP contribution in [-0.4, -0.2) is 14.5 Å². The highest BCUT2D eigenvalue weighted by Gasteiger charge is 2.06. The summed E-state index contributed by atoms with van der Waals surface area (Å²) in [6.45, 7) is 4.73. The molecule has 19 heavy (non-hydrogen) atoms. The van der Waals surface area contributed by atoms with Gasteiger partial charge in [0.15, 0.2) is 0 Å². The van der Waals surface area contributed by atoms with Gasteiger partial charge in [-0.1, -0.05) is 0 Å². The highest BCUT2D eigenvalue weighted by atomic mass is 19.1. The average Bonchev–Trinajstić information content (AvgIpc) is 2.73. The van der Waals surface area contributed by atoms with E-state index in [0.29, 0.717) is 6.54 Å². The van der Waals surface area contributed by atoms with E-state index in [9.17, 15) is 4.39 Å². The zero-order chi connectivity index (χ0) is 13.4. The first kappa shape index (κ1) is 11.8. The Labute approximate surface area is 110 Å². The van der Waals surface area contributed by atoms with Crippen molar-refractivity contribution in [1.29, 1.82) is 0 Å². The fraction of sp³-hybridized carbons (Fsp3) is 0.200. The van der Waals surface area contributed by atoms with Gasteiger partial charge in [0, 0.05) is 6.20 Å². The third-order valence-electron chi connectivity index (χ3n) is 3.35. The predicted molar refractivity (Wildman–Crippen MR) is 72.5 cm³/mol. The van der Waals surface area contributed by atoms with Crippen LogP contribution < -0.4 is 0 Å². The molecule has 0 atom stereocenters. The maximum Gasteiger partial charge on any atom is 0.141 e. The normalized spacial score (nSPS) is 11.1. The fourth-order valence-electron chi connectivity index (χ4n) is 2.18. The van der Waals surface area contributed by atoms with Crippen LogP contribution in [0.3, 0.4) is 0 Å². The Morgan fingerprint density at radius 2 is 1.89 bits per heavy atom. The number of aryl methyl sites for hydroxylation is 2. The Morgan fingerprint density at radius 3 is 2.68 bits per heavy atom. The lowest BCUT2D eigenvalue weighted by Gasteiger charge is -2.06. The van der Waals surface area contributed by atoms with Crippen molar-refractivity contribution in [3.63, 3.8) is 0 Å². The Hall–Kier alpha value is -2.23. The van der Waals surface area contributed by atoms with Crippen LogP contribution in [0.4, 0.5) is 4.39 Å². The molecule has 3 aromatic rings.